The predicted octanol–water partition coefficient (Wildman–Crippen LogP) is 3.18. The fourth-order valence-electron chi connectivity index (χ4n) is 2.86. The van der Waals surface area contributed by atoms with Crippen molar-refractivity contribution in [2.45, 2.75) is 26.2 Å². The first-order valence-electron chi connectivity index (χ1n) is 7.87. The molecular weight excluding hydrogens is 362 g/mol. The smallest absolute Gasteiger partial charge is 0.306 e. The molecule has 23 heavy (non-hydrogen) atoms. The highest BCUT2D eigenvalue weighted by molar-refractivity contribution is 9.10. The summed E-state index contributed by atoms with van der Waals surface area (Å²) in [4.78, 5) is 25.1. The van der Waals surface area contributed by atoms with Crippen LogP contribution >= 0.6 is 15.9 Å². The van der Waals surface area contributed by atoms with Gasteiger partial charge in [-0.15, -0.1) is 0 Å². The van der Waals surface area contributed by atoms with Gasteiger partial charge in [-0.25, -0.2) is 0 Å². The summed E-state index contributed by atoms with van der Waals surface area (Å²) >= 11 is 3.42. The Balaban J connectivity index is 1.71. The Labute approximate surface area is 144 Å². The summed E-state index contributed by atoms with van der Waals surface area (Å²) in [5, 5.41) is 9.11. The van der Waals surface area contributed by atoms with Crippen molar-refractivity contribution in [1.82, 2.24) is 4.90 Å². The Bertz CT molecular complexity index is 563. The number of hydrogen-bond donors (Lipinski definition) is 1. The first-order valence-corrected chi connectivity index (χ1v) is 8.66. The normalized spacial score (nSPS) is 21.0. The number of halogens is 1. The summed E-state index contributed by atoms with van der Waals surface area (Å²) < 4.78 is 6.55. The molecule has 0 bridgehead atoms. The van der Waals surface area contributed by atoms with Gasteiger partial charge < -0.3 is 14.7 Å². The standard InChI is InChI=1S/C17H22BrNO4/c1-12-11-19(9-8-13(12)17(21)22)16(20)7-4-10-23-15-6-3-2-5-14(15)18/h2-3,5-6,12-13H,4,7-11H2,1H3,(H,21,22). The van der Waals surface area contributed by atoms with Gasteiger partial charge in [-0.3, -0.25) is 9.59 Å². The third-order valence-electron chi connectivity index (χ3n) is 4.20. The number of aliphatic carboxylic acids is 1. The van der Waals surface area contributed by atoms with Crippen LogP contribution in [0.2, 0.25) is 0 Å². The van der Waals surface area contributed by atoms with Crippen LogP contribution in [0.3, 0.4) is 0 Å². The zero-order valence-corrected chi connectivity index (χ0v) is 14.8. The van der Waals surface area contributed by atoms with E-state index in [2.05, 4.69) is 15.9 Å². The number of carboxylic acids is 1. The molecule has 1 aromatic carbocycles. The lowest BCUT2D eigenvalue weighted by atomic mass is 9.87. The molecule has 1 amide bonds. The van der Waals surface area contributed by atoms with E-state index >= 15 is 0 Å². The molecule has 1 fully saturated rings. The second kappa shape index (κ2) is 8.34. The van der Waals surface area contributed by atoms with Gasteiger partial charge in [0.15, 0.2) is 0 Å². The van der Waals surface area contributed by atoms with Crippen molar-refractivity contribution in [3.05, 3.63) is 28.7 Å². The number of piperidine rings is 1. The van der Waals surface area contributed by atoms with Crippen LogP contribution in [0.5, 0.6) is 5.75 Å². The number of likely N-dealkylation sites (tertiary alicyclic amines) is 1. The average molecular weight is 384 g/mol. The molecule has 0 aromatic heterocycles. The van der Waals surface area contributed by atoms with Crippen LogP contribution in [0, 0.1) is 11.8 Å². The number of amides is 1. The van der Waals surface area contributed by atoms with Gasteiger partial charge in [0.05, 0.1) is 17.0 Å². The van der Waals surface area contributed by atoms with E-state index in [1.807, 2.05) is 31.2 Å². The van der Waals surface area contributed by atoms with E-state index in [-0.39, 0.29) is 17.7 Å². The molecule has 126 valence electrons. The molecule has 1 aliphatic heterocycles. The largest absolute Gasteiger partial charge is 0.492 e. The van der Waals surface area contributed by atoms with E-state index in [0.717, 1.165) is 10.2 Å². The fourth-order valence-corrected chi connectivity index (χ4v) is 3.26. The lowest BCUT2D eigenvalue weighted by molar-refractivity contribution is -0.148. The Morgan fingerprint density at radius 1 is 1.39 bits per heavy atom. The number of benzene rings is 1. The quantitative estimate of drug-likeness (QED) is 0.766. The Kier molecular flexibility index (Phi) is 6.45. The number of carboxylic acid groups (broad SMARTS) is 1. The van der Waals surface area contributed by atoms with Gasteiger partial charge in [-0.05, 0) is 46.8 Å². The highest BCUT2D eigenvalue weighted by Gasteiger charge is 2.32. The summed E-state index contributed by atoms with van der Waals surface area (Å²) in [6.45, 7) is 3.44. The van der Waals surface area contributed by atoms with Crippen molar-refractivity contribution in [1.29, 1.82) is 0 Å². The minimum absolute atomic E-state index is 0.00160. The van der Waals surface area contributed by atoms with Crippen LogP contribution in [-0.2, 0) is 9.59 Å². The molecule has 1 aliphatic rings. The zero-order chi connectivity index (χ0) is 16.8. The molecule has 0 saturated carbocycles. The van der Waals surface area contributed by atoms with Gasteiger partial charge in [-0.2, -0.15) is 0 Å². The zero-order valence-electron chi connectivity index (χ0n) is 13.2. The monoisotopic (exact) mass is 383 g/mol. The molecular formula is C17H22BrNO4. The van der Waals surface area contributed by atoms with Gasteiger partial charge >= 0.3 is 5.97 Å². The molecule has 2 unspecified atom stereocenters. The van der Waals surface area contributed by atoms with Crippen molar-refractivity contribution < 1.29 is 19.4 Å². The molecule has 1 saturated heterocycles. The molecule has 2 atom stereocenters. The van der Waals surface area contributed by atoms with E-state index in [1.54, 1.807) is 4.90 Å². The van der Waals surface area contributed by atoms with Crippen LogP contribution in [0.1, 0.15) is 26.2 Å². The summed E-state index contributed by atoms with van der Waals surface area (Å²) in [7, 11) is 0. The Morgan fingerprint density at radius 2 is 2.13 bits per heavy atom. The second-order valence-corrected chi connectivity index (χ2v) is 6.79. The van der Waals surface area contributed by atoms with Gasteiger partial charge in [0.1, 0.15) is 5.75 Å². The third kappa shape index (κ3) is 4.96. The van der Waals surface area contributed by atoms with Gasteiger partial charge in [-0.1, -0.05) is 19.1 Å². The number of rotatable bonds is 6. The number of hydrogen-bond acceptors (Lipinski definition) is 3. The Morgan fingerprint density at radius 3 is 2.78 bits per heavy atom. The average Bonchev–Trinajstić information content (AvgIpc) is 2.52. The summed E-state index contributed by atoms with van der Waals surface area (Å²) in [5.41, 5.74) is 0. The van der Waals surface area contributed by atoms with E-state index in [4.69, 9.17) is 9.84 Å². The molecule has 2 rings (SSSR count). The number of ether oxygens (including phenoxy) is 1. The number of carbonyl (C=O) groups is 2. The van der Waals surface area contributed by atoms with E-state index in [0.29, 0.717) is 39.0 Å². The topological polar surface area (TPSA) is 66.8 Å². The number of nitrogens with zero attached hydrogens (tertiary/aromatic N) is 1. The highest BCUT2D eigenvalue weighted by Crippen LogP contribution is 2.25. The third-order valence-corrected chi connectivity index (χ3v) is 4.86. The highest BCUT2D eigenvalue weighted by atomic mass is 79.9. The molecule has 5 nitrogen and oxygen atoms in total. The second-order valence-electron chi connectivity index (χ2n) is 5.93. The van der Waals surface area contributed by atoms with Crippen molar-refractivity contribution in [2.75, 3.05) is 19.7 Å². The van der Waals surface area contributed by atoms with E-state index in [9.17, 15) is 9.59 Å². The Hall–Kier alpha value is -1.56. The number of carbonyl (C=O) groups excluding carboxylic acids is 1. The van der Waals surface area contributed by atoms with Crippen LogP contribution in [0.25, 0.3) is 0 Å². The van der Waals surface area contributed by atoms with Crippen LogP contribution in [-0.4, -0.2) is 41.6 Å². The fraction of sp³-hybridized carbons (Fsp3) is 0.529. The van der Waals surface area contributed by atoms with Gasteiger partial charge in [0.25, 0.3) is 0 Å². The van der Waals surface area contributed by atoms with Crippen molar-refractivity contribution in [3.63, 3.8) is 0 Å². The van der Waals surface area contributed by atoms with Crippen molar-refractivity contribution >= 4 is 27.8 Å². The minimum Gasteiger partial charge on any atom is -0.492 e. The molecule has 0 aliphatic carbocycles. The molecule has 1 heterocycles. The summed E-state index contributed by atoms with van der Waals surface area (Å²) in [6.07, 6.45) is 1.61. The lowest BCUT2D eigenvalue weighted by Crippen LogP contribution is -2.45. The first-order chi connectivity index (χ1) is 11.0. The SMILES string of the molecule is CC1CN(C(=O)CCCOc2ccccc2Br)CCC1C(=O)O. The first kappa shape index (κ1) is 17.8. The maximum Gasteiger partial charge on any atom is 0.306 e. The molecule has 6 heteroatoms. The van der Waals surface area contributed by atoms with Crippen LogP contribution in [0.4, 0.5) is 0 Å². The maximum absolute atomic E-state index is 12.2. The molecule has 1 N–H and O–H groups in total. The molecule has 1 aromatic rings. The summed E-state index contributed by atoms with van der Waals surface area (Å²) in [6, 6.07) is 7.61. The van der Waals surface area contributed by atoms with Crippen molar-refractivity contribution in [3.8, 4) is 5.75 Å². The van der Waals surface area contributed by atoms with E-state index < -0.39 is 5.97 Å². The van der Waals surface area contributed by atoms with Gasteiger partial charge in [0, 0.05) is 19.5 Å². The minimum atomic E-state index is -0.758. The summed E-state index contributed by atoms with van der Waals surface area (Å²) in [5.74, 6) is -0.238. The van der Waals surface area contributed by atoms with Crippen molar-refractivity contribution in [2.24, 2.45) is 11.8 Å². The van der Waals surface area contributed by atoms with Gasteiger partial charge in [0.2, 0.25) is 5.91 Å². The molecule has 0 radical (unpaired) electrons. The van der Waals surface area contributed by atoms with Crippen LogP contribution < -0.4 is 4.74 Å². The van der Waals surface area contributed by atoms with E-state index in [1.165, 1.54) is 0 Å². The molecule has 0 spiro atoms. The number of para-hydroxylation sites is 1. The lowest BCUT2D eigenvalue weighted by Gasteiger charge is -2.35. The van der Waals surface area contributed by atoms with Crippen LogP contribution in [0.15, 0.2) is 28.7 Å². The maximum atomic E-state index is 12.2. The predicted molar refractivity (Wildman–Crippen MR) is 90.4 cm³/mol.